The van der Waals surface area contributed by atoms with Crippen molar-refractivity contribution >= 4 is 11.7 Å². The average Bonchev–Trinajstić information content (AvgIpc) is 2.29. The molecule has 0 aliphatic carbocycles. The number of ether oxygens (including phenoxy) is 1. The van der Waals surface area contributed by atoms with Crippen LogP contribution in [0.5, 0.6) is 0 Å². The van der Waals surface area contributed by atoms with Crippen molar-refractivity contribution in [3.05, 3.63) is 54.6 Å². The fourth-order valence-corrected chi connectivity index (χ4v) is 1.38. The van der Waals surface area contributed by atoms with Gasteiger partial charge < -0.3 is 10.5 Å². The summed E-state index contributed by atoms with van der Waals surface area (Å²) in [5, 5.41) is 0. The lowest BCUT2D eigenvalue weighted by molar-refractivity contribution is 0.0548. The molecule has 0 heterocycles. The zero-order valence-corrected chi connectivity index (χ0v) is 9.11. The van der Waals surface area contributed by atoms with Gasteiger partial charge in [-0.05, 0) is 24.1 Å². The van der Waals surface area contributed by atoms with Gasteiger partial charge in [-0.15, -0.1) is 6.58 Å². The fourth-order valence-electron chi connectivity index (χ4n) is 1.38. The molecule has 0 bridgehead atoms. The first-order valence-corrected chi connectivity index (χ1v) is 4.97. The highest BCUT2D eigenvalue weighted by Crippen LogP contribution is 2.19. The SMILES string of the molecule is C=CCOC(=O)c1cccc(N)c1CC=C. The van der Waals surface area contributed by atoms with E-state index in [1.54, 1.807) is 24.3 Å². The van der Waals surface area contributed by atoms with Gasteiger partial charge >= 0.3 is 5.97 Å². The second-order valence-electron chi connectivity index (χ2n) is 3.25. The highest BCUT2D eigenvalue weighted by molar-refractivity contribution is 5.92. The number of benzene rings is 1. The number of allylic oxidation sites excluding steroid dienone is 1. The Kier molecular flexibility index (Phi) is 4.33. The zero-order valence-electron chi connectivity index (χ0n) is 9.11. The Morgan fingerprint density at radius 2 is 2.12 bits per heavy atom. The fraction of sp³-hybridized carbons (Fsp3) is 0.154. The van der Waals surface area contributed by atoms with E-state index in [2.05, 4.69) is 13.2 Å². The van der Waals surface area contributed by atoms with Crippen LogP contribution in [0, 0.1) is 0 Å². The van der Waals surface area contributed by atoms with Crippen molar-refractivity contribution in [3.63, 3.8) is 0 Å². The van der Waals surface area contributed by atoms with Gasteiger partial charge in [-0.25, -0.2) is 4.79 Å². The Morgan fingerprint density at radius 1 is 1.38 bits per heavy atom. The first-order valence-electron chi connectivity index (χ1n) is 4.97. The number of esters is 1. The standard InChI is InChI=1S/C13H15NO2/c1-3-6-10-11(7-5-8-12(10)14)13(15)16-9-4-2/h3-5,7-8H,1-2,6,9,14H2. The Bertz CT molecular complexity index is 410. The first-order chi connectivity index (χ1) is 7.70. The molecule has 1 aromatic carbocycles. The highest BCUT2D eigenvalue weighted by atomic mass is 16.5. The summed E-state index contributed by atoms with van der Waals surface area (Å²) in [5.41, 5.74) is 7.62. The van der Waals surface area contributed by atoms with Crippen molar-refractivity contribution in [3.8, 4) is 0 Å². The van der Waals surface area contributed by atoms with Crippen molar-refractivity contribution in [1.82, 2.24) is 0 Å². The van der Waals surface area contributed by atoms with Crippen LogP contribution in [0.15, 0.2) is 43.5 Å². The van der Waals surface area contributed by atoms with Gasteiger partial charge in [-0.2, -0.15) is 0 Å². The van der Waals surface area contributed by atoms with Crippen LogP contribution in [-0.2, 0) is 11.2 Å². The predicted octanol–water partition coefficient (Wildman–Crippen LogP) is 2.34. The summed E-state index contributed by atoms with van der Waals surface area (Å²) in [6.45, 7) is 7.32. The summed E-state index contributed by atoms with van der Waals surface area (Å²) < 4.78 is 4.97. The summed E-state index contributed by atoms with van der Waals surface area (Å²) in [7, 11) is 0. The highest BCUT2D eigenvalue weighted by Gasteiger charge is 2.13. The third-order valence-electron chi connectivity index (χ3n) is 2.11. The number of nitrogen functional groups attached to an aromatic ring is 1. The van der Waals surface area contributed by atoms with Gasteiger partial charge in [0.15, 0.2) is 0 Å². The second kappa shape index (κ2) is 5.75. The van der Waals surface area contributed by atoms with Gasteiger partial charge in [0, 0.05) is 5.69 Å². The van der Waals surface area contributed by atoms with E-state index in [0.717, 1.165) is 5.56 Å². The molecule has 0 aliphatic heterocycles. The molecule has 0 unspecified atom stereocenters. The third kappa shape index (κ3) is 2.73. The van der Waals surface area contributed by atoms with Crippen LogP contribution < -0.4 is 5.73 Å². The van der Waals surface area contributed by atoms with Crippen molar-refractivity contribution in [2.45, 2.75) is 6.42 Å². The van der Waals surface area contributed by atoms with Crippen molar-refractivity contribution in [1.29, 1.82) is 0 Å². The van der Waals surface area contributed by atoms with Crippen LogP contribution in [-0.4, -0.2) is 12.6 Å². The van der Waals surface area contributed by atoms with Gasteiger partial charge in [-0.1, -0.05) is 24.8 Å². The molecule has 1 aromatic rings. The van der Waals surface area contributed by atoms with Gasteiger partial charge in [0.2, 0.25) is 0 Å². The number of anilines is 1. The Balaban J connectivity index is 3.01. The number of hydrogen-bond acceptors (Lipinski definition) is 3. The average molecular weight is 217 g/mol. The van der Waals surface area contributed by atoms with Gasteiger partial charge in [0.25, 0.3) is 0 Å². The minimum Gasteiger partial charge on any atom is -0.458 e. The molecule has 0 saturated carbocycles. The topological polar surface area (TPSA) is 52.3 Å². The molecule has 0 aliphatic rings. The van der Waals surface area contributed by atoms with Gasteiger partial charge in [-0.3, -0.25) is 0 Å². The zero-order chi connectivity index (χ0) is 12.0. The van der Waals surface area contributed by atoms with E-state index in [9.17, 15) is 4.79 Å². The van der Waals surface area contributed by atoms with E-state index in [4.69, 9.17) is 10.5 Å². The molecule has 0 atom stereocenters. The maximum atomic E-state index is 11.7. The molecule has 0 radical (unpaired) electrons. The summed E-state index contributed by atoms with van der Waals surface area (Å²) in [6, 6.07) is 5.18. The molecular formula is C13H15NO2. The van der Waals surface area contributed by atoms with E-state index >= 15 is 0 Å². The van der Waals surface area contributed by atoms with E-state index in [1.165, 1.54) is 6.08 Å². The lowest BCUT2D eigenvalue weighted by atomic mass is 10.0. The predicted molar refractivity (Wildman–Crippen MR) is 65.2 cm³/mol. The van der Waals surface area contributed by atoms with Crippen LogP contribution in [0.2, 0.25) is 0 Å². The molecule has 3 nitrogen and oxygen atoms in total. The molecule has 0 saturated heterocycles. The van der Waals surface area contributed by atoms with Crippen LogP contribution >= 0.6 is 0 Å². The Hall–Kier alpha value is -2.03. The normalized spacial score (nSPS) is 9.50. The first kappa shape index (κ1) is 12.0. The van der Waals surface area contributed by atoms with Crippen LogP contribution in [0.4, 0.5) is 5.69 Å². The summed E-state index contributed by atoms with van der Waals surface area (Å²) in [6.07, 6.45) is 3.78. The maximum absolute atomic E-state index is 11.7. The Morgan fingerprint density at radius 3 is 2.75 bits per heavy atom. The largest absolute Gasteiger partial charge is 0.458 e. The minimum atomic E-state index is -0.385. The van der Waals surface area contributed by atoms with E-state index in [1.807, 2.05) is 0 Å². The van der Waals surface area contributed by atoms with E-state index in [0.29, 0.717) is 17.7 Å². The Labute approximate surface area is 95.2 Å². The molecule has 84 valence electrons. The van der Waals surface area contributed by atoms with Gasteiger partial charge in [0.05, 0.1) is 5.56 Å². The van der Waals surface area contributed by atoms with Gasteiger partial charge in [0.1, 0.15) is 6.61 Å². The molecule has 0 fully saturated rings. The molecular weight excluding hydrogens is 202 g/mol. The summed E-state index contributed by atoms with van der Waals surface area (Å²) >= 11 is 0. The number of hydrogen-bond donors (Lipinski definition) is 1. The molecule has 3 heteroatoms. The summed E-state index contributed by atoms with van der Waals surface area (Å²) in [4.78, 5) is 11.7. The van der Waals surface area contributed by atoms with Crippen LogP contribution in [0.25, 0.3) is 0 Å². The van der Waals surface area contributed by atoms with E-state index in [-0.39, 0.29) is 12.6 Å². The number of carbonyl (C=O) groups is 1. The number of carbonyl (C=O) groups excluding carboxylic acids is 1. The maximum Gasteiger partial charge on any atom is 0.338 e. The van der Waals surface area contributed by atoms with Crippen molar-refractivity contribution in [2.24, 2.45) is 0 Å². The monoisotopic (exact) mass is 217 g/mol. The van der Waals surface area contributed by atoms with Crippen molar-refractivity contribution in [2.75, 3.05) is 12.3 Å². The van der Waals surface area contributed by atoms with Crippen LogP contribution in [0.1, 0.15) is 15.9 Å². The van der Waals surface area contributed by atoms with Crippen LogP contribution in [0.3, 0.4) is 0 Å². The molecule has 0 amide bonds. The number of nitrogens with two attached hydrogens (primary N) is 1. The minimum absolute atomic E-state index is 0.196. The number of rotatable bonds is 5. The summed E-state index contributed by atoms with van der Waals surface area (Å²) in [5.74, 6) is -0.385. The smallest absolute Gasteiger partial charge is 0.338 e. The molecule has 2 N–H and O–H groups in total. The lowest BCUT2D eigenvalue weighted by Crippen LogP contribution is -2.10. The molecule has 0 spiro atoms. The molecule has 1 rings (SSSR count). The van der Waals surface area contributed by atoms with E-state index < -0.39 is 0 Å². The lowest BCUT2D eigenvalue weighted by Gasteiger charge is -2.09. The second-order valence-corrected chi connectivity index (χ2v) is 3.25. The third-order valence-corrected chi connectivity index (χ3v) is 2.11. The van der Waals surface area contributed by atoms with Crippen molar-refractivity contribution < 1.29 is 9.53 Å². The quantitative estimate of drug-likeness (QED) is 0.468. The molecule has 0 aromatic heterocycles. The molecule has 16 heavy (non-hydrogen) atoms.